The quantitative estimate of drug-likeness (QED) is 0.700. The van der Waals surface area contributed by atoms with E-state index in [0.717, 1.165) is 23.4 Å². The molecule has 2 amide bonds. The molecule has 0 saturated carbocycles. The highest BCUT2D eigenvalue weighted by atomic mass is 16.2. The van der Waals surface area contributed by atoms with Crippen LogP contribution >= 0.6 is 0 Å². The van der Waals surface area contributed by atoms with Gasteiger partial charge >= 0.3 is 0 Å². The van der Waals surface area contributed by atoms with Gasteiger partial charge in [0.1, 0.15) is 0 Å². The highest BCUT2D eigenvalue weighted by Crippen LogP contribution is 2.33. The normalized spacial score (nSPS) is 15.2. The largest absolute Gasteiger partial charge is 0.311 e. The van der Waals surface area contributed by atoms with Crippen LogP contribution in [0.3, 0.4) is 0 Å². The van der Waals surface area contributed by atoms with Crippen molar-refractivity contribution in [1.82, 2.24) is 4.98 Å². The number of carbonyl (C=O) groups is 2. The Hall–Kier alpha value is -3.47. The predicted molar refractivity (Wildman–Crippen MR) is 110 cm³/mol. The van der Waals surface area contributed by atoms with Gasteiger partial charge in [-0.25, -0.2) is 0 Å². The molecule has 1 aromatic heterocycles. The minimum absolute atomic E-state index is 0.0660. The first-order chi connectivity index (χ1) is 13.6. The topological polar surface area (TPSA) is 53.5 Å². The summed E-state index contributed by atoms with van der Waals surface area (Å²) >= 11 is 0. The number of para-hydroxylation sites is 2. The van der Waals surface area contributed by atoms with E-state index < -0.39 is 0 Å². The molecule has 0 aliphatic carbocycles. The summed E-state index contributed by atoms with van der Waals surface area (Å²) in [4.78, 5) is 33.6. The lowest BCUT2D eigenvalue weighted by Crippen LogP contribution is -2.36. The van der Waals surface area contributed by atoms with E-state index in [2.05, 4.69) is 4.98 Å². The molecule has 140 valence electrons. The average Bonchev–Trinajstić information content (AvgIpc) is 3.08. The molecule has 0 bridgehead atoms. The number of anilines is 2. The van der Waals surface area contributed by atoms with Crippen molar-refractivity contribution in [2.24, 2.45) is 0 Å². The third kappa shape index (κ3) is 3.16. The van der Waals surface area contributed by atoms with E-state index in [1.54, 1.807) is 22.9 Å². The van der Waals surface area contributed by atoms with Crippen molar-refractivity contribution in [2.75, 3.05) is 16.8 Å². The highest BCUT2D eigenvalue weighted by molar-refractivity contribution is 6.10. The van der Waals surface area contributed by atoms with Gasteiger partial charge < -0.3 is 9.80 Å². The van der Waals surface area contributed by atoms with E-state index in [1.165, 1.54) is 12.4 Å². The summed E-state index contributed by atoms with van der Waals surface area (Å²) in [6.07, 6.45) is 3.85. The Kier molecular flexibility index (Phi) is 4.65. The minimum Gasteiger partial charge on any atom is -0.311 e. The Morgan fingerprint density at radius 1 is 1.00 bits per heavy atom. The van der Waals surface area contributed by atoms with Crippen LogP contribution < -0.4 is 9.80 Å². The summed E-state index contributed by atoms with van der Waals surface area (Å²) in [6, 6.07) is 19.0. The van der Waals surface area contributed by atoms with Crippen LogP contribution in [0.15, 0.2) is 73.1 Å². The van der Waals surface area contributed by atoms with Crippen LogP contribution in [0.5, 0.6) is 0 Å². The van der Waals surface area contributed by atoms with Gasteiger partial charge in [-0.2, -0.15) is 0 Å². The van der Waals surface area contributed by atoms with Crippen molar-refractivity contribution in [3.63, 3.8) is 0 Å². The molecule has 4 rings (SSSR count). The third-order valence-corrected chi connectivity index (χ3v) is 5.11. The molecule has 1 aliphatic rings. The van der Waals surface area contributed by atoms with Gasteiger partial charge in [0.05, 0.1) is 11.1 Å². The van der Waals surface area contributed by atoms with E-state index in [9.17, 15) is 9.59 Å². The van der Waals surface area contributed by atoms with Gasteiger partial charge in [-0.3, -0.25) is 14.6 Å². The molecular weight excluding hydrogens is 350 g/mol. The fourth-order valence-corrected chi connectivity index (χ4v) is 3.65. The van der Waals surface area contributed by atoms with Gasteiger partial charge in [-0.05, 0) is 43.2 Å². The maximum atomic E-state index is 13.2. The van der Waals surface area contributed by atoms with Crippen LogP contribution in [0.25, 0.3) is 0 Å². The summed E-state index contributed by atoms with van der Waals surface area (Å²) in [6.45, 7) is 2.03. The maximum Gasteiger partial charge on any atom is 0.260 e. The number of rotatable bonds is 3. The molecule has 3 aromatic rings. The molecule has 0 saturated heterocycles. The molecule has 1 atom stereocenters. The number of hydrogen-bond acceptors (Lipinski definition) is 3. The van der Waals surface area contributed by atoms with Gasteiger partial charge in [0.15, 0.2) is 0 Å². The van der Waals surface area contributed by atoms with Gasteiger partial charge in [0, 0.05) is 36.9 Å². The summed E-state index contributed by atoms with van der Waals surface area (Å²) in [5.74, 6) is -0.342. The van der Waals surface area contributed by atoms with Crippen molar-refractivity contribution in [2.45, 2.75) is 19.4 Å². The number of nitrogens with zero attached hydrogens (tertiary/aromatic N) is 3. The van der Waals surface area contributed by atoms with E-state index in [-0.39, 0.29) is 17.9 Å². The molecule has 0 N–H and O–H groups in total. The van der Waals surface area contributed by atoms with Crippen molar-refractivity contribution in [3.8, 4) is 0 Å². The van der Waals surface area contributed by atoms with Crippen LogP contribution in [0.2, 0.25) is 0 Å². The Labute approximate surface area is 164 Å². The smallest absolute Gasteiger partial charge is 0.260 e. The van der Waals surface area contributed by atoms with Gasteiger partial charge in [0.25, 0.3) is 11.8 Å². The number of aromatic nitrogens is 1. The standard InChI is InChI=1S/C23H21N3O2/c1-16-12-17-8-6-7-11-21(17)26(16)23(28)19-13-18(14-24-15-19)22(27)25(2)20-9-4-3-5-10-20/h3-11,13-16H,12H2,1-2H3. The molecule has 0 radical (unpaired) electrons. The molecule has 2 aromatic carbocycles. The van der Waals surface area contributed by atoms with E-state index in [1.807, 2.05) is 61.5 Å². The third-order valence-electron chi connectivity index (χ3n) is 5.11. The van der Waals surface area contributed by atoms with Crippen molar-refractivity contribution in [1.29, 1.82) is 0 Å². The van der Waals surface area contributed by atoms with Gasteiger partial charge in [0.2, 0.25) is 0 Å². The van der Waals surface area contributed by atoms with Crippen molar-refractivity contribution in [3.05, 3.63) is 89.7 Å². The van der Waals surface area contributed by atoms with Crippen LogP contribution in [0, 0.1) is 0 Å². The summed E-state index contributed by atoms with van der Waals surface area (Å²) in [7, 11) is 1.71. The number of carbonyl (C=O) groups excluding carboxylic acids is 2. The highest BCUT2D eigenvalue weighted by Gasteiger charge is 2.31. The predicted octanol–water partition coefficient (Wildman–Crippen LogP) is 3.95. The Morgan fingerprint density at radius 2 is 1.68 bits per heavy atom. The number of fused-ring (bicyclic) bond motifs is 1. The molecule has 0 fully saturated rings. The molecule has 1 aliphatic heterocycles. The fourth-order valence-electron chi connectivity index (χ4n) is 3.65. The SMILES string of the molecule is CC1Cc2ccccc2N1C(=O)c1cncc(C(=O)N(C)c2ccccc2)c1. The van der Waals surface area contributed by atoms with Crippen LogP contribution in [0.1, 0.15) is 33.2 Å². The maximum absolute atomic E-state index is 13.2. The second-order valence-corrected chi connectivity index (χ2v) is 7.02. The molecule has 28 heavy (non-hydrogen) atoms. The average molecular weight is 371 g/mol. The Balaban J connectivity index is 1.62. The summed E-state index contributed by atoms with van der Waals surface area (Å²) in [5.41, 5.74) is 3.67. The molecule has 5 nitrogen and oxygen atoms in total. The van der Waals surface area contributed by atoms with Crippen molar-refractivity contribution < 1.29 is 9.59 Å². The lowest BCUT2D eigenvalue weighted by Gasteiger charge is -2.23. The zero-order valence-electron chi connectivity index (χ0n) is 15.9. The first-order valence-electron chi connectivity index (χ1n) is 9.26. The van der Waals surface area contributed by atoms with Crippen molar-refractivity contribution >= 4 is 23.2 Å². The Morgan fingerprint density at radius 3 is 2.46 bits per heavy atom. The summed E-state index contributed by atoms with van der Waals surface area (Å²) < 4.78 is 0. The van der Waals surface area contributed by atoms with Crippen LogP contribution in [-0.2, 0) is 6.42 Å². The molecule has 1 unspecified atom stereocenters. The van der Waals surface area contributed by atoms with E-state index in [4.69, 9.17) is 0 Å². The number of hydrogen-bond donors (Lipinski definition) is 0. The van der Waals surface area contributed by atoms with Crippen LogP contribution in [-0.4, -0.2) is 29.9 Å². The monoisotopic (exact) mass is 371 g/mol. The number of pyridine rings is 1. The number of amides is 2. The molecule has 2 heterocycles. The van der Waals surface area contributed by atoms with Gasteiger partial charge in [-0.15, -0.1) is 0 Å². The lowest BCUT2D eigenvalue weighted by molar-refractivity contribution is 0.0981. The second-order valence-electron chi connectivity index (χ2n) is 7.02. The minimum atomic E-state index is -0.205. The van der Waals surface area contributed by atoms with E-state index in [0.29, 0.717) is 11.1 Å². The van der Waals surface area contributed by atoms with E-state index >= 15 is 0 Å². The lowest BCUT2D eigenvalue weighted by atomic mass is 10.1. The second kappa shape index (κ2) is 7.27. The molecule has 0 spiro atoms. The summed E-state index contributed by atoms with van der Waals surface area (Å²) in [5, 5.41) is 0. The fraction of sp³-hybridized carbons (Fsp3) is 0.174. The zero-order valence-corrected chi connectivity index (χ0v) is 15.9. The van der Waals surface area contributed by atoms with Crippen LogP contribution in [0.4, 0.5) is 11.4 Å². The zero-order chi connectivity index (χ0) is 19.7. The number of benzene rings is 2. The Bertz CT molecular complexity index is 1030. The first kappa shape index (κ1) is 17.9. The van der Waals surface area contributed by atoms with Gasteiger partial charge in [-0.1, -0.05) is 36.4 Å². The molecular formula is C23H21N3O2. The first-order valence-corrected chi connectivity index (χ1v) is 9.26. The molecule has 5 heteroatoms.